The Morgan fingerprint density at radius 3 is 2.79 bits per heavy atom. The minimum Gasteiger partial charge on any atom is -0.399 e. The van der Waals surface area contributed by atoms with Crippen LogP contribution in [-0.4, -0.2) is 12.5 Å². The molecule has 1 amide bonds. The average Bonchev–Trinajstić information content (AvgIpc) is 2.39. The van der Waals surface area contributed by atoms with Gasteiger partial charge in [-0.15, -0.1) is 0 Å². The second-order valence-corrected chi connectivity index (χ2v) is 5.14. The quantitative estimate of drug-likeness (QED) is 0.707. The Kier molecular flexibility index (Phi) is 7.01. The van der Waals surface area contributed by atoms with Crippen molar-refractivity contribution in [3.05, 3.63) is 29.8 Å². The number of nitrogen functional groups attached to an aromatic ring is 1. The van der Waals surface area contributed by atoms with Crippen LogP contribution < -0.4 is 11.1 Å². The van der Waals surface area contributed by atoms with Gasteiger partial charge in [-0.1, -0.05) is 45.2 Å². The summed E-state index contributed by atoms with van der Waals surface area (Å²) in [6.07, 6.45) is 5.19. The summed E-state index contributed by atoms with van der Waals surface area (Å²) in [5.41, 5.74) is 7.38. The molecule has 0 aliphatic heterocycles. The van der Waals surface area contributed by atoms with Crippen molar-refractivity contribution in [2.45, 2.75) is 46.0 Å². The first-order valence-corrected chi connectivity index (χ1v) is 7.26. The molecular formula is C16H26N2O. The second-order valence-electron chi connectivity index (χ2n) is 5.14. The summed E-state index contributed by atoms with van der Waals surface area (Å²) in [5, 5.41) is 3.03. The van der Waals surface area contributed by atoms with Crippen LogP contribution in [0.1, 0.15) is 45.1 Å². The van der Waals surface area contributed by atoms with Crippen LogP contribution in [0.2, 0.25) is 0 Å². The highest BCUT2D eigenvalue weighted by molar-refractivity contribution is 5.78. The van der Waals surface area contributed by atoms with E-state index in [9.17, 15) is 4.79 Å². The smallest absolute Gasteiger partial charge is 0.224 e. The van der Waals surface area contributed by atoms with E-state index in [1.54, 1.807) is 0 Å². The van der Waals surface area contributed by atoms with Gasteiger partial charge in [0.2, 0.25) is 5.91 Å². The number of rotatable bonds is 8. The van der Waals surface area contributed by atoms with Crippen molar-refractivity contribution in [2.75, 3.05) is 12.3 Å². The number of carbonyl (C=O) groups is 1. The first-order valence-electron chi connectivity index (χ1n) is 7.26. The molecule has 0 aliphatic carbocycles. The van der Waals surface area contributed by atoms with Crippen molar-refractivity contribution >= 4 is 11.6 Å². The van der Waals surface area contributed by atoms with Crippen LogP contribution in [0.5, 0.6) is 0 Å². The third-order valence-electron chi connectivity index (χ3n) is 3.45. The number of hydrogen-bond donors (Lipinski definition) is 2. The Bertz CT molecular complexity index is 390. The summed E-state index contributed by atoms with van der Waals surface area (Å²) < 4.78 is 0. The molecule has 19 heavy (non-hydrogen) atoms. The van der Waals surface area contributed by atoms with Gasteiger partial charge in [0.25, 0.3) is 0 Å². The maximum absolute atomic E-state index is 11.9. The SMILES string of the molecule is CCCCC(CC)CNC(=O)Cc1cccc(N)c1. The van der Waals surface area contributed by atoms with Crippen LogP contribution in [0, 0.1) is 5.92 Å². The highest BCUT2D eigenvalue weighted by Crippen LogP contribution is 2.11. The molecular weight excluding hydrogens is 236 g/mol. The third-order valence-corrected chi connectivity index (χ3v) is 3.45. The fraction of sp³-hybridized carbons (Fsp3) is 0.562. The number of nitrogens with one attached hydrogen (secondary N) is 1. The summed E-state index contributed by atoms with van der Waals surface area (Å²) in [5.74, 6) is 0.685. The maximum Gasteiger partial charge on any atom is 0.224 e. The van der Waals surface area contributed by atoms with E-state index in [0.717, 1.165) is 18.5 Å². The standard InChI is InChI=1S/C16H26N2O/c1-3-5-7-13(4-2)12-18-16(19)11-14-8-6-9-15(17)10-14/h6,8-10,13H,3-5,7,11-12,17H2,1-2H3,(H,18,19). The molecule has 0 heterocycles. The lowest BCUT2D eigenvalue weighted by Gasteiger charge is -2.15. The minimum absolute atomic E-state index is 0.0838. The maximum atomic E-state index is 11.9. The van der Waals surface area contributed by atoms with Crippen LogP contribution in [0.15, 0.2) is 24.3 Å². The highest BCUT2D eigenvalue weighted by atomic mass is 16.1. The van der Waals surface area contributed by atoms with Crippen LogP contribution in [-0.2, 0) is 11.2 Å². The van der Waals surface area contributed by atoms with Gasteiger partial charge in [-0.2, -0.15) is 0 Å². The number of benzene rings is 1. The topological polar surface area (TPSA) is 55.1 Å². The van der Waals surface area contributed by atoms with Gasteiger partial charge in [0.05, 0.1) is 6.42 Å². The van der Waals surface area contributed by atoms with Gasteiger partial charge in [-0.3, -0.25) is 4.79 Å². The van der Waals surface area contributed by atoms with E-state index < -0.39 is 0 Å². The third kappa shape index (κ3) is 6.27. The van der Waals surface area contributed by atoms with E-state index in [2.05, 4.69) is 19.2 Å². The summed E-state index contributed by atoms with van der Waals surface area (Å²) in [6.45, 7) is 5.17. The molecule has 0 aliphatic rings. The number of hydrogen-bond acceptors (Lipinski definition) is 2. The Balaban J connectivity index is 2.34. The van der Waals surface area contributed by atoms with Crippen LogP contribution >= 0.6 is 0 Å². The Morgan fingerprint density at radius 2 is 2.16 bits per heavy atom. The number of unbranched alkanes of at least 4 members (excludes halogenated alkanes) is 1. The van der Waals surface area contributed by atoms with Crippen molar-refractivity contribution in [2.24, 2.45) is 5.92 Å². The largest absolute Gasteiger partial charge is 0.399 e. The molecule has 0 spiro atoms. The number of carbonyl (C=O) groups excluding carboxylic acids is 1. The average molecular weight is 262 g/mol. The van der Waals surface area contributed by atoms with E-state index in [4.69, 9.17) is 5.73 Å². The Hall–Kier alpha value is -1.51. The van der Waals surface area contributed by atoms with Crippen molar-refractivity contribution in [1.29, 1.82) is 0 Å². The molecule has 106 valence electrons. The van der Waals surface area contributed by atoms with Gasteiger partial charge >= 0.3 is 0 Å². The van der Waals surface area contributed by atoms with E-state index >= 15 is 0 Å². The van der Waals surface area contributed by atoms with Gasteiger partial charge in [0.15, 0.2) is 0 Å². The van der Waals surface area contributed by atoms with Crippen LogP contribution in [0.3, 0.4) is 0 Å². The van der Waals surface area contributed by atoms with E-state index in [1.165, 1.54) is 19.3 Å². The van der Waals surface area contributed by atoms with E-state index in [1.807, 2.05) is 24.3 Å². The fourth-order valence-corrected chi connectivity index (χ4v) is 2.15. The lowest BCUT2D eigenvalue weighted by Crippen LogP contribution is -2.30. The van der Waals surface area contributed by atoms with Gasteiger partial charge < -0.3 is 11.1 Å². The zero-order valence-corrected chi connectivity index (χ0v) is 12.1. The van der Waals surface area contributed by atoms with Crippen LogP contribution in [0.25, 0.3) is 0 Å². The lowest BCUT2D eigenvalue weighted by atomic mass is 9.99. The summed E-state index contributed by atoms with van der Waals surface area (Å²) in [6, 6.07) is 7.51. The molecule has 3 N–H and O–H groups in total. The van der Waals surface area contributed by atoms with Crippen molar-refractivity contribution < 1.29 is 4.79 Å². The molecule has 0 aromatic heterocycles. The molecule has 0 saturated carbocycles. The molecule has 0 radical (unpaired) electrons. The van der Waals surface area contributed by atoms with Crippen molar-refractivity contribution in [1.82, 2.24) is 5.32 Å². The second kappa shape index (κ2) is 8.57. The lowest BCUT2D eigenvalue weighted by molar-refractivity contribution is -0.120. The molecule has 3 heteroatoms. The predicted molar refractivity (Wildman–Crippen MR) is 80.9 cm³/mol. The molecule has 0 fully saturated rings. The van der Waals surface area contributed by atoms with E-state index in [0.29, 0.717) is 18.0 Å². The normalized spacial score (nSPS) is 12.1. The van der Waals surface area contributed by atoms with Gasteiger partial charge in [0.1, 0.15) is 0 Å². The van der Waals surface area contributed by atoms with Crippen LogP contribution in [0.4, 0.5) is 5.69 Å². The molecule has 0 saturated heterocycles. The van der Waals surface area contributed by atoms with Gasteiger partial charge in [-0.05, 0) is 30.0 Å². The fourth-order valence-electron chi connectivity index (χ4n) is 2.15. The monoisotopic (exact) mass is 262 g/mol. The Labute approximate surface area is 116 Å². The molecule has 3 nitrogen and oxygen atoms in total. The summed E-state index contributed by atoms with van der Waals surface area (Å²) in [4.78, 5) is 11.9. The van der Waals surface area contributed by atoms with Crippen molar-refractivity contribution in [3.8, 4) is 0 Å². The molecule has 1 rings (SSSR count). The minimum atomic E-state index is 0.0838. The van der Waals surface area contributed by atoms with Crippen molar-refractivity contribution in [3.63, 3.8) is 0 Å². The first kappa shape index (κ1) is 15.5. The summed E-state index contributed by atoms with van der Waals surface area (Å²) in [7, 11) is 0. The molecule has 1 aromatic rings. The predicted octanol–water partition coefficient (Wildman–Crippen LogP) is 3.14. The first-order chi connectivity index (χ1) is 9.15. The Morgan fingerprint density at radius 1 is 1.37 bits per heavy atom. The number of nitrogens with two attached hydrogens (primary N) is 1. The van der Waals surface area contributed by atoms with E-state index in [-0.39, 0.29) is 5.91 Å². The molecule has 1 atom stereocenters. The summed E-state index contributed by atoms with van der Waals surface area (Å²) >= 11 is 0. The zero-order chi connectivity index (χ0) is 14.1. The number of amides is 1. The van der Waals surface area contributed by atoms with Gasteiger partial charge in [0, 0.05) is 12.2 Å². The number of anilines is 1. The molecule has 1 aromatic carbocycles. The van der Waals surface area contributed by atoms with Gasteiger partial charge in [-0.25, -0.2) is 0 Å². The highest BCUT2D eigenvalue weighted by Gasteiger charge is 2.08. The zero-order valence-electron chi connectivity index (χ0n) is 12.1. The molecule has 1 unspecified atom stereocenters. The molecule has 0 bridgehead atoms.